The molecule has 1 amide bonds. The molecule has 4 nitrogen and oxygen atoms in total. The van der Waals surface area contributed by atoms with Crippen molar-refractivity contribution in [3.63, 3.8) is 0 Å². The molecule has 0 radical (unpaired) electrons. The van der Waals surface area contributed by atoms with E-state index in [1.54, 1.807) is 6.92 Å². The number of carbonyl (C=O) groups is 1. The lowest BCUT2D eigenvalue weighted by molar-refractivity contribution is -0.136. The molecule has 0 aromatic rings. The van der Waals surface area contributed by atoms with Crippen LogP contribution in [0.1, 0.15) is 20.8 Å². The third kappa shape index (κ3) is 3.18. The van der Waals surface area contributed by atoms with E-state index in [0.717, 1.165) is 39.3 Å². The van der Waals surface area contributed by atoms with Crippen LogP contribution in [0.5, 0.6) is 0 Å². The summed E-state index contributed by atoms with van der Waals surface area (Å²) in [4.78, 5) is 15.3. The zero-order valence-electron chi connectivity index (χ0n) is 10.1. The van der Waals surface area contributed by atoms with Gasteiger partial charge in [-0.2, -0.15) is 0 Å². The minimum absolute atomic E-state index is 0.214. The molecule has 0 spiro atoms. The molecule has 2 rings (SSSR count). The van der Waals surface area contributed by atoms with Crippen molar-refractivity contribution < 1.29 is 4.79 Å². The highest BCUT2D eigenvalue weighted by atomic mass is 16.2. The van der Waals surface area contributed by atoms with Crippen LogP contribution in [-0.2, 0) is 4.79 Å². The van der Waals surface area contributed by atoms with E-state index in [9.17, 15) is 4.79 Å². The summed E-state index contributed by atoms with van der Waals surface area (Å²) in [6, 6.07) is 0.631. The van der Waals surface area contributed by atoms with Gasteiger partial charge in [0.25, 0.3) is 0 Å². The molecule has 0 aliphatic carbocycles. The van der Waals surface area contributed by atoms with Crippen molar-refractivity contribution in [3.05, 3.63) is 0 Å². The Hall–Kier alpha value is -0.610. The van der Waals surface area contributed by atoms with E-state index < -0.39 is 0 Å². The smallest absolute Gasteiger partial charge is 0.219 e. The van der Waals surface area contributed by atoms with Crippen molar-refractivity contribution in [2.45, 2.75) is 26.8 Å². The van der Waals surface area contributed by atoms with Crippen molar-refractivity contribution in [2.24, 2.45) is 0 Å². The monoisotopic (exact) mass is 213 g/mol. The summed E-state index contributed by atoms with van der Waals surface area (Å²) in [5, 5.41) is 3.33. The minimum atomic E-state index is 0.214. The molecule has 2 heterocycles. The highest BCUT2D eigenvalue weighted by Crippen LogP contribution is 2.14. The van der Waals surface area contributed by atoms with Crippen LogP contribution in [0.3, 0.4) is 0 Å². The van der Waals surface area contributed by atoms with E-state index in [1.807, 2.05) is 18.7 Å². The second kappa shape index (κ2) is 6.08. The first-order valence-electron chi connectivity index (χ1n) is 5.97. The first-order valence-corrected chi connectivity index (χ1v) is 5.97. The van der Waals surface area contributed by atoms with Gasteiger partial charge in [0.1, 0.15) is 0 Å². The third-order valence-electron chi connectivity index (χ3n) is 2.98. The molecule has 0 aromatic carbocycles. The van der Waals surface area contributed by atoms with Crippen molar-refractivity contribution in [1.29, 1.82) is 0 Å². The predicted octanol–water partition coefficient (Wildman–Crippen LogP) is 0.149. The maximum Gasteiger partial charge on any atom is 0.219 e. The lowest BCUT2D eigenvalue weighted by Gasteiger charge is -2.46. The van der Waals surface area contributed by atoms with E-state index in [2.05, 4.69) is 10.2 Å². The fourth-order valence-electron chi connectivity index (χ4n) is 1.99. The number of nitrogens with one attached hydrogen (secondary N) is 1. The van der Waals surface area contributed by atoms with Gasteiger partial charge >= 0.3 is 0 Å². The average molecular weight is 213 g/mol. The highest BCUT2D eigenvalue weighted by Gasteiger charge is 2.33. The van der Waals surface area contributed by atoms with Gasteiger partial charge in [0, 0.05) is 52.2 Å². The largest absolute Gasteiger partial charge is 0.340 e. The van der Waals surface area contributed by atoms with Crippen LogP contribution in [0.25, 0.3) is 0 Å². The number of amides is 1. The number of carbonyl (C=O) groups excluding carboxylic acids is 1. The molecule has 15 heavy (non-hydrogen) atoms. The van der Waals surface area contributed by atoms with Crippen LogP contribution in [0.15, 0.2) is 0 Å². The molecule has 2 aliphatic rings. The Kier molecular flexibility index (Phi) is 5.05. The summed E-state index contributed by atoms with van der Waals surface area (Å²) in [6.45, 7) is 12.0. The van der Waals surface area contributed by atoms with Crippen LogP contribution >= 0.6 is 0 Å². The van der Waals surface area contributed by atoms with Gasteiger partial charge in [-0.3, -0.25) is 9.69 Å². The standard InChI is InChI=1S/C9H17N3O.C2H6/c1-8(13)12-6-9(7-12)11-4-2-10-3-5-11;1-2/h9-10H,2-7H2,1H3;1-2H3. The van der Waals surface area contributed by atoms with E-state index >= 15 is 0 Å². The number of nitrogens with zero attached hydrogens (tertiary/aromatic N) is 2. The van der Waals surface area contributed by atoms with Crippen molar-refractivity contribution in [1.82, 2.24) is 15.1 Å². The van der Waals surface area contributed by atoms with Gasteiger partial charge in [-0.05, 0) is 0 Å². The molecule has 2 fully saturated rings. The fourth-order valence-corrected chi connectivity index (χ4v) is 1.99. The Bertz CT molecular complexity index is 196. The zero-order valence-corrected chi connectivity index (χ0v) is 10.1. The van der Waals surface area contributed by atoms with E-state index in [-0.39, 0.29) is 5.91 Å². The molecule has 2 saturated heterocycles. The SMILES string of the molecule is CC.CC(=O)N1CC(N2CCNCC2)C1. The average Bonchev–Trinajstić information content (AvgIpc) is 2.19. The summed E-state index contributed by atoms with van der Waals surface area (Å²) in [6.07, 6.45) is 0. The second-order valence-corrected chi connectivity index (χ2v) is 3.86. The summed E-state index contributed by atoms with van der Waals surface area (Å²) in [5.74, 6) is 0.214. The number of hydrogen-bond donors (Lipinski definition) is 1. The molecule has 4 heteroatoms. The van der Waals surface area contributed by atoms with Crippen LogP contribution in [0, 0.1) is 0 Å². The molecular formula is C11H23N3O. The predicted molar refractivity (Wildman–Crippen MR) is 61.8 cm³/mol. The minimum Gasteiger partial charge on any atom is -0.340 e. The van der Waals surface area contributed by atoms with Gasteiger partial charge in [0.15, 0.2) is 0 Å². The summed E-state index contributed by atoms with van der Waals surface area (Å²) in [7, 11) is 0. The quantitative estimate of drug-likeness (QED) is 0.673. The Balaban J connectivity index is 0.000000531. The lowest BCUT2D eigenvalue weighted by atomic mass is 10.1. The summed E-state index contributed by atoms with van der Waals surface area (Å²) < 4.78 is 0. The molecule has 0 aromatic heterocycles. The van der Waals surface area contributed by atoms with Gasteiger partial charge in [-0.1, -0.05) is 13.8 Å². The molecule has 88 valence electrons. The van der Waals surface area contributed by atoms with Crippen LogP contribution in [-0.4, -0.2) is 61.0 Å². The highest BCUT2D eigenvalue weighted by molar-refractivity contribution is 5.74. The van der Waals surface area contributed by atoms with Crippen LogP contribution in [0.4, 0.5) is 0 Å². The Labute approximate surface area is 92.6 Å². The van der Waals surface area contributed by atoms with Crippen LogP contribution < -0.4 is 5.32 Å². The maximum atomic E-state index is 10.9. The Morgan fingerprint density at radius 1 is 1.20 bits per heavy atom. The topological polar surface area (TPSA) is 35.6 Å². The van der Waals surface area contributed by atoms with Crippen molar-refractivity contribution in [3.8, 4) is 0 Å². The van der Waals surface area contributed by atoms with Crippen molar-refractivity contribution in [2.75, 3.05) is 39.3 Å². The maximum absolute atomic E-state index is 10.9. The molecule has 0 unspecified atom stereocenters. The van der Waals surface area contributed by atoms with Crippen molar-refractivity contribution >= 4 is 5.91 Å². The fraction of sp³-hybridized carbons (Fsp3) is 0.909. The number of rotatable bonds is 1. The van der Waals surface area contributed by atoms with Crippen LogP contribution in [0.2, 0.25) is 0 Å². The molecule has 1 N–H and O–H groups in total. The number of hydrogen-bond acceptors (Lipinski definition) is 3. The summed E-state index contributed by atoms with van der Waals surface area (Å²) in [5.41, 5.74) is 0. The first-order chi connectivity index (χ1) is 7.27. The second-order valence-electron chi connectivity index (χ2n) is 3.86. The number of piperazine rings is 1. The van der Waals surface area contributed by atoms with Gasteiger partial charge in [0.2, 0.25) is 5.91 Å². The first kappa shape index (κ1) is 12.5. The third-order valence-corrected chi connectivity index (χ3v) is 2.98. The molecule has 0 atom stereocenters. The van der Waals surface area contributed by atoms with Gasteiger partial charge < -0.3 is 10.2 Å². The Morgan fingerprint density at radius 3 is 2.20 bits per heavy atom. The van der Waals surface area contributed by atoms with Gasteiger partial charge in [-0.25, -0.2) is 0 Å². The number of likely N-dealkylation sites (tertiary alicyclic amines) is 1. The van der Waals surface area contributed by atoms with E-state index in [1.165, 1.54) is 0 Å². The molecule has 2 aliphatic heterocycles. The zero-order chi connectivity index (χ0) is 11.3. The molecule has 0 saturated carbocycles. The van der Waals surface area contributed by atoms with Gasteiger partial charge in [0.05, 0.1) is 0 Å². The molecular weight excluding hydrogens is 190 g/mol. The van der Waals surface area contributed by atoms with E-state index in [0.29, 0.717) is 6.04 Å². The lowest BCUT2D eigenvalue weighted by Crippen LogP contribution is -2.63. The molecule has 0 bridgehead atoms. The Morgan fingerprint density at radius 2 is 1.73 bits per heavy atom. The summed E-state index contributed by atoms with van der Waals surface area (Å²) >= 11 is 0. The van der Waals surface area contributed by atoms with E-state index in [4.69, 9.17) is 0 Å². The normalized spacial score (nSPS) is 22.7. The van der Waals surface area contributed by atoms with Gasteiger partial charge in [-0.15, -0.1) is 0 Å².